The molecular weight excluding hydrogens is 264 g/mol. The van der Waals surface area contributed by atoms with Crippen LogP contribution in [0.5, 0.6) is 0 Å². The quantitative estimate of drug-likeness (QED) is 0.504. The molecule has 1 saturated carbocycles. The Morgan fingerprint density at radius 1 is 1.05 bits per heavy atom. The zero-order valence-corrected chi connectivity index (χ0v) is 13.4. The van der Waals surface area contributed by atoms with E-state index in [-0.39, 0.29) is 5.73 Å². The van der Waals surface area contributed by atoms with E-state index in [0.29, 0.717) is 12.2 Å². The predicted molar refractivity (Wildman–Crippen MR) is 72.8 cm³/mol. The molecule has 2 rings (SSSR count). The topological polar surface area (TPSA) is 49.5 Å². The lowest BCUT2D eigenvalue weighted by atomic mass is 9.86. The number of epoxide rings is 1. The molecule has 0 bridgehead atoms. The molecule has 0 radical (unpaired) electrons. The van der Waals surface area contributed by atoms with E-state index in [1.165, 1.54) is 19.3 Å². The van der Waals surface area contributed by atoms with Crippen LogP contribution in [0.4, 0.5) is 0 Å². The second-order valence-electron chi connectivity index (χ2n) is 5.41. The molecule has 1 saturated heterocycles. The van der Waals surface area contributed by atoms with Crippen molar-refractivity contribution in [1.29, 1.82) is 0 Å². The van der Waals surface area contributed by atoms with Gasteiger partial charge in [0.25, 0.3) is 0 Å². The molecule has 0 aromatic rings. The van der Waals surface area contributed by atoms with Crippen molar-refractivity contribution >= 4 is 8.80 Å². The van der Waals surface area contributed by atoms with E-state index in [2.05, 4.69) is 0 Å². The molecule has 5 nitrogen and oxygen atoms in total. The van der Waals surface area contributed by atoms with Gasteiger partial charge in [-0.2, -0.15) is 0 Å². The largest absolute Gasteiger partial charge is 0.530 e. The molecule has 0 aromatic carbocycles. The number of fused-ring (bicyclic) bond motifs is 1. The van der Waals surface area contributed by atoms with E-state index < -0.39 is 8.80 Å². The first-order valence-electron chi connectivity index (χ1n) is 7.02. The van der Waals surface area contributed by atoms with Gasteiger partial charge in [-0.05, 0) is 38.0 Å². The molecule has 6 heteroatoms. The van der Waals surface area contributed by atoms with Gasteiger partial charge in [-0.1, -0.05) is 0 Å². The number of hydrogen-bond acceptors (Lipinski definition) is 5. The normalized spacial score (nSPS) is 31.9. The van der Waals surface area contributed by atoms with Crippen LogP contribution in [0.15, 0.2) is 0 Å². The van der Waals surface area contributed by atoms with Gasteiger partial charge in [0.05, 0.1) is 12.2 Å². The van der Waals surface area contributed by atoms with Crippen LogP contribution in [0.2, 0.25) is 0 Å². The van der Waals surface area contributed by atoms with Crippen molar-refractivity contribution in [1.82, 2.24) is 0 Å². The van der Waals surface area contributed by atoms with Gasteiger partial charge in [0.15, 0.2) is 0 Å². The molecule has 1 aliphatic heterocycles. The van der Waals surface area contributed by atoms with Gasteiger partial charge in [0, 0.05) is 28.4 Å². The summed E-state index contributed by atoms with van der Waals surface area (Å²) in [6.07, 6.45) is 6.82. The Morgan fingerprint density at radius 2 is 1.74 bits per heavy atom. The summed E-state index contributed by atoms with van der Waals surface area (Å²) >= 11 is 0. The fourth-order valence-corrected chi connectivity index (χ4v) is 5.32. The minimum Gasteiger partial charge on any atom is -0.377 e. The summed E-state index contributed by atoms with van der Waals surface area (Å²) in [5.41, 5.74) is -0.0923. The molecule has 2 fully saturated rings. The molecule has 19 heavy (non-hydrogen) atoms. The van der Waals surface area contributed by atoms with Crippen molar-refractivity contribution < 1.29 is 22.8 Å². The first kappa shape index (κ1) is 15.4. The Morgan fingerprint density at radius 3 is 2.26 bits per heavy atom. The lowest BCUT2D eigenvalue weighted by Crippen LogP contribution is -2.55. The van der Waals surface area contributed by atoms with Crippen molar-refractivity contribution in [2.45, 2.75) is 50.0 Å². The zero-order chi connectivity index (χ0) is 13.9. The van der Waals surface area contributed by atoms with Crippen LogP contribution in [-0.2, 0) is 22.8 Å². The summed E-state index contributed by atoms with van der Waals surface area (Å²) in [6, 6.07) is 0. The molecule has 0 N–H and O–H groups in total. The Kier molecular flexibility index (Phi) is 5.39. The van der Waals surface area contributed by atoms with Crippen LogP contribution >= 0.6 is 0 Å². The first-order chi connectivity index (χ1) is 9.19. The van der Waals surface area contributed by atoms with Gasteiger partial charge in [-0.15, -0.1) is 0 Å². The Hall–Kier alpha value is 0.0169. The smallest absolute Gasteiger partial charge is 0.377 e. The van der Waals surface area contributed by atoms with Gasteiger partial charge in [-0.25, -0.2) is 0 Å². The summed E-state index contributed by atoms with van der Waals surface area (Å²) in [5.74, 6) is 0.735. The average Bonchev–Trinajstić information content (AvgIpc) is 3.22. The second kappa shape index (κ2) is 6.65. The van der Waals surface area contributed by atoms with E-state index >= 15 is 0 Å². The Labute approximate surface area is 116 Å². The third kappa shape index (κ3) is 3.37. The van der Waals surface area contributed by atoms with E-state index in [1.807, 2.05) is 0 Å². The molecule has 2 aliphatic rings. The van der Waals surface area contributed by atoms with E-state index in [1.54, 1.807) is 28.4 Å². The number of ether oxygens (including phenoxy) is 2. The van der Waals surface area contributed by atoms with Crippen LogP contribution in [0.3, 0.4) is 0 Å². The maximum absolute atomic E-state index is 5.58. The fourth-order valence-electron chi connectivity index (χ4n) is 3.22. The first-order valence-corrected chi connectivity index (χ1v) is 8.83. The predicted octanol–water partition coefficient (Wildman–Crippen LogP) is 1.77. The van der Waals surface area contributed by atoms with Crippen molar-refractivity contribution in [2.24, 2.45) is 5.92 Å². The van der Waals surface area contributed by atoms with Crippen molar-refractivity contribution in [2.75, 3.05) is 28.4 Å². The molecule has 0 amide bonds. The van der Waals surface area contributed by atoms with Crippen molar-refractivity contribution in [3.63, 3.8) is 0 Å². The van der Waals surface area contributed by atoms with Gasteiger partial charge in [0.1, 0.15) is 5.73 Å². The van der Waals surface area contributed by atoms with Gasteiger partial charge in [0.2, 0.25) is 0 Å². The van der Waals surface area contributed by atoms with Crippen LogP contribution in [0, 0.1) is 5.92 Å². The molecule has 112 valence electrons. The fraction of sp³-hybridized carbons (Fsp3) is 1.00. The molecule has 1 heterocycles. The van der Waals surface area contributed by atoms with E-state index in [9.17, 15) is 0 Å². The lowest BCUT2D eigenvalue weighted by molar-refractivity contribution is 0.0292. The summed E-state index contributed by atoms with van der Waals surface area (Å²) in [6.45, 7) is 0. The average molecular weight is 290 g/mol. The highest BCUT2D eigenvalue weighted by Gasteiger charge is 2.49. The summed E-state index contributed by atoms with van der Waals surface area (Å²) in [5, 5.41) is 0. The summed E-state index contributed by atoms with van der Waals surface area (Å²) in [7, 11) is 3.91. The molecule has 4 atom stereocenters. The van der Waals surface area contributed by atoms with Gasteiger partial charge < -0.3 is 22.8 Å². The molecule has 0 aromatic heterocycles. The third-order valence-corrected chi connectivity index (χ3v) is 7.50. The molecule has 0 spiro atoms. The zero-order valence-electron chi connectivity index (χ0n) is 12.4. The van der Waals surface area contributed by atoms with Gasteiger partial charge in [-0.3, -0.25) is 0 Å². The summed E-state index contributed by atoms with van der Waals surface area (Å²) in [4.78, 5) is 0. The minimum atomic E-state index is -2.69. The van der Waals surface area contributed by atoms with Crippen LogP contribution < -0.4 is 0 Å². The molecular formula is C13H26O5Si. The Bertz CT molecular complexity index is 276. The van der Waals surface area contributed by atoms with Crippen molar-refractivity contribution in [3.05, 3.63) is 0 Å². The molecule has 1 aliphatic carbocycles. The SMILES string of the molecule is COC(CCC1CCC2OC2C1)[Si](OC)(OC)OC. The minimum absolute atomic E-state index is 0.0923. The number of methoxy groups -OCH3 is 1. The number of rotatable bonds is 8. The van der Waals surface area contributed by atoms with E-state index in [4.69, 9.17) is 22.8 Å². The second-order valence-corrected chi connectivity index (χ2v) is 8.49. The highest BCUT2D eigenvalue weighted by Crippen LogP contribution is 2.41. The Balaban J connectivity index is 1.83. The van der Waals surface area contributed by atoms with Gasteiger partial charge >= 0.3 is 8.80 Å². The standard InChI is InChI=1S/C13H26O5Si/c1-14-13(19(15-2,16-3)17-4)8-6-10-5-7-11-12(9-10)18-11/h10-13H,5-9H2,1-4H3. The van der Waals surface area contributed by atoms with Crippen LogP contribution in [0.25, 0.3) is 0 Å². The molecule has 4 unspecified atom stereocenters. The maximum Gasteiger partial charge on any atom is 0.530 e. The van der Waals surface area contributed by atoms with Crippen molar-refractivity contribution in [3.8, 4) is 0 Å². The van der Waals surface area contributed by atoms with Crippen LogP contribution in [-0.4, -0.2) is 55.2 Å². The maximum atomic E-state index is 5.58. The highest BCUT2D eigenvalue weighted by atomic mass is 28.4. The van der Waals surface area contributed by atoms with Crippen LogP contribution in [0.1, 0.15) is 32.1 Å². The lowest BCUT2D eigenvalue weighted by Gasteiger charge is -2.32. The number of hydrogen-bond donors (Lipinski definition) is 0. The summed E-state index contributed by atoms with van der Waals surface area (Å²) < 4.78 is 27.7. The monoisotopic (exact) mass is 290 g/mol. The highest BCUT2D eigenvalue weighted by molar-refractivity contribution is 6.62. The third-order valence-electron chi connectivity index (χ3n) is 4.48. The van der Waals surface area contributed by atoms with E-state index in [0.717, 1.165) is 18.8 Å².